The number of halogens is 3. The van der Waals surface area contributed by atoms with Gasteiger partial charge in [0, 0.05) is 38.4 Å². The van der Waals surface area contributed by atoms with Gasteiger partial charge in [0.15, 0.2) is 0 Å². The maximum absolute atomic E-state index is 5.93. The summed E-state index contributed by atoms with van der Waals surface area (Å²) in [6.07, 6.45) is 7.46. The zero-order chi connectivity index (χ0) is 13.1. The fraction of sp³-hybridized carbons (Fsp3) is 0.667. The van der Waals surface area contributed by atoms with Crippen molar-refractivity contribution in [2.24, 2.45) is 5.92 Å². The summed E-state index contributed by atoms with van der Waals surface area (Å²) < 4.78 is 0. The Hall–Kier alpha value is -0.0600. The van der Waals surface area contributed by atoms with Crippen molar-refractivity contribution in [1.29, 1.82) is 0 Å². The number of aromatic nitrogens is 1. The van der Waals surface area contributed by atoms with Crippen LogP contribution in [0.25, 0.3) is 0 Å². The molecule has 0 radical (unpaired) electrons. The Bertz CT molecular complexity index is 401. The normalized spacial score (nSPS) is 21.4. The van der Waals surface area contributed by atoms with E-state index in [2.05, 4.69) is 21.3 Å². The van der Waals surface area contributed by atoms with Crippen LogP contribution in [0, 0.1) is 5.92 Å². The maximum atomic E-state index is 5.93. The van der Waals surface area contributed by atoms with Gasteiger partial charge in [-0.3, -0.25) is 4.90 Å². The van der Waals surface area contributed by atoms with Crippen molar-refractivity contribution in [2.45, 2.75) is 31.7 Å². The second kappa shape index (κ2) is 9.16. The predicted molar refractivity (Wildman–Crippen MR) is 92.9 cm³/mol. The van der Waals surface area contributed by atoms with Crippen molar-refractivity contribution in [2.75, 3.05) is 26.2 Å². The Labute approximate surface area is 144 Å². The van der Waals surface area contributed by atoms with E-state index in [1.165, 1.54) is 31.2 Å². The second-order valence-corrected chi connectivity index (χ2v) is 6.08. The van der Waals surface area contributed by atoms with E-state index in [-0.39, 0.29) is 24.8 Å². The lowest BCUT2D eigenvalue weighted by molar-refractivity contribution is 0.125. The van der Waals surface area contributed by atoms with Gasteiger partial charge < -0.3 is 5.32 Å². The van der Waals surface area contributed by atoms with Crippen molar-refractivity contribution in [3.8, 4) is 0 Å². The molecule has 2 heterocycles. The summed E-state index contributed by atoms with van der Waals surface area (Å²) in [5.41, 5.74) is 1.35. The molecular formula is C15H24Cl3N3. The van der Waals surface area contributed by atoms with Gasteiger partial charge in [0.25, 0.3) is 0 Å². The zero-order valence-electron chi connectivity index (χ0n) is 12.1. The molecule has 1 saturated carbocycles. The third-order valence-electron chi connectivity index (χ3n) is 4.48. The Balaban J connectivity index is 0.00000110. The standard InChI is InChI=1S/C15H22ClN3.2ClH/c16-14-6-5-13(11-18-14)15(12-3-1-2-4-12)19-9-7-17-8-10-19;;/h5-6,11-12,15,17H,1-4,7-10H2;2*1H/t15-;;/m1../s1. The average Bonchev–Trinajstić information content (AvgIpc) is 2.96. The topological polar surface area (TPSA) is 28.2 Å². The van der Waals surface area contributed by atoms with Gasteiger partial charge in [-0.05, 0) is 30.4 Å². The van der Waals surface area contributed by atoms with Crippen LogP contribution in [-0.4, -0.2) is 36.1 Å². The average molecular weight is 353 g/mol. The highest BCUT2D eigenvalue weighted by molar-refractivity contribution is 6.29. The molecule has 3 nitrogen and oxygen atoms in total. The monoisotopic (exact) mass is 351 g/mol. The van der Waals surface area contributed by atoms with Crippen LogP contribution in [0.1, 0.15) is 37.3 Å². The summed E-state index contributed by atoms with van der Waals surface area (Å²) in [5, 5.41) is 4.03. The number of rotatable bonds is 3. The van der Waals surface area contributed by atoms with Crippen LogP contribution in [-0.2, 0) is 0 Å². The van der Waals surface area contributed by atoms with Crippen molar-refractivity contribution < 1.29 is 0 Å². The van der Waals surface area contributed by atoms with Crippen molar-refractivity contribution >= 4 is 36.4 Å². The molecule has 1 atom stereocenters. The minimum Gasteiger partial charge on any atom is -0.314 e. The van der Waals surface area contributed by atoms with Gasteiger partial charge in [0.2, 0.25) is 0 Å². The van der Waals surface area contributed by atoms with Crippen molar-refractivity contribution in [1.82, 2.24) is 15.2 Å². The molecule has 0 aromatic carbocycles. The number of hydrogen-bond acceptors (Lipinski definition) is 3. The van der Waals surface area contributed by atoms with Gasteiger partial charge in [0.1, 0.15) is 5.15 Å². The molecular weight excluding hydrogens is 329 g/mol. The van der Waals surface area contributed by atoms with E-state index < -0.39 is 0 Å². The van der Waals surface area contributed by atoms with Crippen LogP contribution in [0.15, 0.2) is 18.3 Å². The van der Waals surface area contributed by atoms with E-state index in [1.807, 2.05) is 12.3 Å². The zero-order valence-corrected chi connectivity index (χ0v) is 14.5. The van der Waals surface area contributed by atoms with Crippen LogP contribution in [0.5, 0.6) is 0 Å². The molecule has 120 valence electrons. The van der Waals surface area contributed by atoms with Crippen LogP contribution in [0.4, 0.5) is 0 Å². The fourth-order valence-corrected chi connectivity index (χ4v) is 3.69. The number of pyridine rings is 1. The van der Waals surface area contributed by atoms with Crippen molar-refractivity contribution in [3.63, 3.8) is 0 Å². The van der Waals surface area contributed by atoms with E-state index in [0.29, 0.717) is 11.2 Å². The fourth-order valence-electron chi connectivity index (χ4n) is 3.58. The number of nitrogens with zero attached hydrogens (tertiary/aromatic N) is 2. The van der Waals surface area contributed by atoms with E-state index >= 15 is 0 Å². The highest BCUT2D eigenvalue weighted by Gasteiger charge is 2.31. The van der Waals surface area contributed by atoms with Gasteiger partial charge in [-0.15, -0.1) is 24.8 Å². The molecule has 3 rings (SSSR count). The third kappa shape index (κ3) is 4.70. The minimum atomic E-state index is 0. The Kier molecular flexibility index (Phi) is 8.28. The molecule has 2 fully saturated rings. The van der Waals surface area contributed by atoms with Crippen LogP contribution in [0.2, 0.25) is 5.15 Å². The summed E-state index contributed by atoms with van der Waals surface area (Å²) in [6.45, 7) is 4.49. The molecule has 1 saturated heterocycles. The molecule has 1 aromatic rings. The summed E-state index contributed by atoms with van der Waals surface area (Å²) >= 11 is 5.93. The quantitative estimate of drug-likeness (QED) is 0.840. The smallest absolute Gasteiger partial charge is 0.129 e. The number of piperazine rings is 1. The van der Waals surface area contributed by atoms with Gasteiger partial charge >= 0.3 is 0 Å². The highest BCUT2D eigenvalue weighted by Crippen LogP contribution is 2.39. The molecule has 1 N–H and O–H groups in total. The first kappa shape index (κ1) is 19.0. The molecule has 0 spiro atoms. The third-order valence-corrected chi connectivity index (χ3v) is 4.71. The highest BCUT2D eigenvalue weighted by atomic mass is 35.5. The van der Waals surface area contributed by atoms with Crippen LogP contribution in [0.3, 0.4) is 0 Å². The molecule has 1 aliphatic carbocycles. The van der Waals surface area contributed by atoms with Gasteiger partial charge in [-0.25, -0.2) is 4.98 Å². The first-order chi connectivity index (χ1) is 9.34. The lowest BCUT2D eigenvalue weighted by Crippen LogP contribution is -2.46. The second-order valence-electron chi connectivity index (χ2n) is 5.69. The van der Waals surface area contributed by atoms with E-state index in [1.54, 1.807) is 0 Å². The predicted octanol–water partition coefficient (Wildman–Crippen LogP) is 3.72. The molecule has 21 heavy (non-hydrogen) atoms. The number of nitrogens with one attached hydrogen (secondary N) is 1. The first-order valence-electron chi connectivity index (χ1n) is 7.41. The molecule has 0 bridgehead atoms. The Morgan fingerprint density at radius 2 is 1.81 bits per heavy atom. The lowest BCUT2D eigenvalue weighted by atomic mass is 9.90. The summed E-state index contributed by atoms with van der Waals surface area (Å²) in [5.74, 6) is 0.793. The van der Waals surface area contributed by atoms with Crippen molar-refractivity contribution in [3.05, 3.63) is 29.0 Å². The van der Waals surface area contributed by atoms with Gasteiger partial charge in [-0.2, -0.15) is 0 Å². The summed E-state index contributed by atoms with van der Waals surface area (Å²) in [7, 11) is 0. The molecule has 0 unspecified atom stereocenters. The molecule has 6 heteroatoms. The molecule has 1 aromatic heterocycles. The maximum Gasteiger partial charge on any atom is 0.129 e. The van der Waals surface area contributed by atoms with Crippen LogP contribution >= 0.6 is 36.4 Å². The van der Waals surface area contributed by atoms with Gasteiger partial charge in [-0.1, -0.05) is 30.5 Å². The van der Waals surface area contributed by atoms with E-state index in [9.17, 15) is 0 Å². The SMILES string of the molecule is Cl.Cl.Clc1ccc([C@@H](C2CCCC2)N2CCNCC2)cn1. The summed E-state index contributed by atoms with van der Waals surface area (Å²) in [4.78, 5) is 6.93. The minimum absolute atomic E-state index is 0. The summed E-state index contributed by atoms with van der Waals surface area (Å²) in [6, 6.07) is 4.64. The molecule has 1 aliphatic heterocycles. The van der Waals surface area contributed by atoms with E-state index in [0.717, 1.165) is 32.1 Å². The van der Waals surface area contributed by atoms with Gasteiger partial charge in [0.05, 0.1) is 0 Å². The Morgan fingerprint density at radius 1 is 1.14 bits per heavy atom. The first-order valence-corrected chi connectivity index (χ1v) is 7.78. The van der Waals surface area contributed by atoms with E-state index in [4.69, 9.17) is 11.6 Å². The molecule has 0 amide bonds. The number of hydrogen-bond donors (Lipinski definition) is 1. The van der Waals surface area contributed by atoms with Crippen LogP contribution < -0.4 is 5.32 Å². The Morgan fingerprint density at radius 3 is 2.38 bits per heavy atom. The largest absolute Gasteiger partial charge is 0.314 e. The lowest BCUT2D eigenvalue weighted by Gasteiger charge is -2.38. The molecule has 2 aliphatic rings.